The van der Waals surface area contributed by atoms with E-state index in [0.717, 1.165) is 29.7 Å². The van der Waals surface area contributed by atoms with Crippen LogP contribution in [0.5, 0.6) is 0 Å². The molecule has 0 radical (unpaired) electrons. The lowest BCUT2D eigenvalue weighted by atomic mass is 10.2. The third kappa shape index (κ3) is 4.87. The molecule has 0 aliphatic rings. The Morgan fingerprint density at radius 2 is 2.25 bits per heavy atom. The van der Waals surface area contributed by atoms with Crippen molar-refractivity contribution in [3.05, 3.63) is 28.2 Å². The summed E-state index contributed by atoms with van der Waals surface area (Å²) in [5.74, 6) is 0.960. The maximum atomic E-state index is 8.72. The number of aliphatic hydroxyl groups is 1. The molecule has 1 rings (SSSR count). The van der Waals surface area contributed by atoms with Gasteiger partial charge in [0.05, 0.1) is 0 Å². The summed E-state index contributed by atoms with van der Waals surface area (Å²) < 4.78 is 1.14. The molecule has 0 atom stereocenters. The van der Waals surface area contributed by atoms with Crippen molar-refractivity contribution in [2.75, 3.05) is 18.9 Å². The minimum Gasteiger partial charge on any atom is -0.396 e. The SMILES string of the molecule is CCNCc1ccc(SCCCO)c(Br)c1. The van der Waals surface area contributed by atoms with Gasteiger partial charge >= 0.3 is 0 Å². The van der Waals surface area contributed by atoms with Crippen LogP contribution in [0.4, 0.5) is 0 Å². The lowest BCUT2D eigenvalue weighted by Crippen LogP contribution is -2.11. The van der Waals surface area contributed by atoms with Crippen LogP contribution in [0, 0.1) is 0 Å². The largest absolute Gasteiger partial charge is 0.396 e. The van der Waals surface area contributed by atoms with E-state index >= 15 is 0 Å². The second-order valence-corrected chi connectivity index (χ2v) is 5.46. The molecule has 2 nitrogen and oxygen atoms in total. The molecule has 0 spiro atoms. The minimum atomic E-state index is 0.267. The molecule has 4 heteroatoms. The fourth-order valence-electron chi connectivity index (χ4n) is 1.29. The van der Waals surface area contributed by atoms with Gasteiger partial charge in [0.1, 0.15) is 0 Å². The van der Waals surface area contributed by atoms with Crippen LogP contribution in [0.25, 0.3) is 0 Å². The number of thioether (sulfide) groups is 1. The highest BCUT2D eigenvalue weighted by molar-refractivity contribution is 9.10. The molecule has 0 unspecified atom stereocenters. The molecule has 0 amide bonds. The third-order valence-electron chi connectivity index (χ3n) is 2.14. The molecule has 1 aromatic rings. The Hall–Kier alpha value is -0.0300. The first-order valence-corrected chi connectivity index (χ1v) is 7.28. The van der Waals surface area contributed by atoms with E-state index in [1.165, 1.54) is 10.5 Å². The zero-order valence-electron chi connectivity index (χ0n) is 9.50. The fraction of sp³-hybridized carbons (Fsp3) is 0.500. The maximum absolute atomic E-state index is 8.72. The average Bonchev–Trinajstić information content (AvgIpc) is 2.29. The second kappa shape index (κ2) is 8.12. The van der Waals surface area contributed by atoms with Crippen molar-refractivity contribution in [3.63, 3.8) is 0 Å². The first-order valence-electron chi connectivity index (χ1n) is 5.50. The molecule has 0 fully saturated rings. The van der Waals surface area contributed by atoms with Crippen LogP contribution in [0.1, 0.15) is 18.9 Å². The van der Waals surface area contributed by atoms with Crippen molar-refractivity contribution in [1.82, 2.24) is 5.32 Å². The average molecular weight is 304 g/mol. The molecule has 2 N–H and O–H groups in total. The molecule has 0 aromatic heterocycles. The first kappa shape index (κ1) is 14.0. The molecule has 0 saturated heterocycles. The molecule has 16 heavy (non-hydrogen) atoms. The summed E-state index contributed by atoms with van der Waals surface area (Å²) in [6.07, 6.45) is 0.844. The summed E-state index contributed by atoms with van der Waals surface area (Å²) in [5, 5.41) is 12.0. The molecule has 0 aliphatic carbocycles. The van der Waals surface area contributed by atoms with Crippen LogP contribution in [-0.2, 0) is 6.54 Å². The second-order valence-electron chi connectivity index (χ2n) is 3.47. The minimum absolute atomic E-state index is 0.267. The molecular weight excluding hydrogens is 286 g/mol. The van der Waals surface area contributed by atoms with Gasteiger partial charge in [-0.3, -0.25) is 0 Å². The zero-order chi connectivity index (χ0) is 11.8. The molecule has 90 valence electrons. The van der Waals surface area contributed by atoms with Gasteiger partial charge in [-0.05, 0) is 46.6 Å². The Bertz CT molecular complexity index is 320. The van der Waals surface area contributed by atoms with Crippen molar-refractivity contribution in [2.24, 2.45) is 0 Å². The van der Waals surface area contributed by atoms with E-state index in [1.54, 1.807) is 11.8 Å². The normalized spacial score (nSPS) is 10.7. The number of halogens is 1. The van der Waals surface area contributed by atoms with E-state index in [2.05, 4.69) is 46.4 Å². The van der Waals surface area contributed by atoms with Gasteiger partial charge < -0.3 is 10.4 Å². The number of hydrogen-bond donors (Lipinski definition) is 2. The Balaban J connectivity index is 2.53. The topological polar surface area (TPSA) is 32.3 Å². The fourth-order valence-corrected chi connectivity index (χ4v) is 2.91. The zero-order valence-corrected chi connectivity index (χ0v) is 11.9. The summed E-state index contributed by atoms with van der Waals surface area (Å²) in [6.45, 7) is 4.28. The maximum Gasteiger partial charge on any atom is 0.0439 e. The van der Waals surface area contributed by atoms with E-state index in [-0.39, 0.29) is 6.61 Å². The van der Waals surface area contributed by atoms with Crippen LogP contribution in [0.15, 0.2) is 27.6 Å². The monoisotopic (exact) mass is 303 g/mol. The number of hydrogen-bond acceptors (Lipinski definition) is 3. The van der Waals surface area contributed by atoms with Gasteiger partial charge in [0.2, 0.25) is 0 Å². The lowest BCUT2D eigenvalue weighted by Gasteiger charge is -2.07. The number of nitrogens with one attached hydrogen (secondary N) is 1. The summed E-state index contributed by atoms with van der Waals surface area (Å²) in [7, 11) is 0. The van der Waals surface area contributed by atoms with Crippen LogP contribution < -0.4 is 5.32 Å². The Kier molecular flexibility index (Phi) is 7.12. The first-order chi connectivity index (χ1) is 7.77. The third-order valence-corrected chi connectivity index (χ3v) is 4.21. The summed E-state index contributed by atoms with van der Waals surface area (Å²) in [5.41, 5.74) is 1.29. The van der Waals surface area contributed by atoms with Gasteiger partial charge in [-0.1, -0.05) is 13.0 Å². The Morgan fingerprint density at radius 3 is 2.88 bits per heavy atom. The highest BCUT2D eigenvalue weighted by Gasteiger charge is 2.01. The van der Waals surface area contributed by atoms with Crippen molar-refractivity contribution < 1.29 is 5.11 Å². The van der Waals surface area contributed by atoms with Crippen LogP contribution >= 0.6 is 27.7 Å². The number of aliphatic hydroxyl groups excluding tert-OH is 1. The van der Waals surface area contributed by atoms with Gasteiger partial charge in [-0.2, -0.15) is 0 Å². The van der Waals surface area contributed by atoms with Gasteiger partial charge in [0.25, 0.3) is 0 Å². The van der Waals surface area contributed by atoms with E-state index < -0.39 is 0 Å². The van der Waals surface area contributed by atoms with Gasteiger partial charge in [-0.15, -0.1) is 11.8 Å². The quantitative estimate of drug-likeness (QED) is 0.600. The van der Waals surface area contributed by atoms with Crippen LogP contribution in [0.3, 0.4) is 0 Å². The van der Waals surface area contributed by atoms with E-state index in [1.807, 2.05) is 0 Å². The van der Waals surface area contributed by atoms with Crippen LogP contribution in [-0.4, -0.2) is 24.0 Å². The number of benzene rings is 1. The molecule has 0 saturated carbocycles. The predicted octanol–water partition coefficient (Wildman–Crippen LogP) is 3.03. The van der Waals surface area contributed by atoms with E-state index in [9.17, 15) is 0 Å². The predicted molar refractivity (Wildman–Crippen MR) is 73.9 cm³/mol. The molecule has 0 aliphatic heterocycles. The smallest absolute Gasteiger partial charge is 0.0439 e. The highest BCUT2D eigenvalue weighted by Crippen LogP contribution is 2.28. The number of rotatable bonds is 7. The summed E-state index contributed by atoms with van der Waals surface area (Å²) >= 11 is 5.36. The molecule has 0 heterocycles. The van der Waals surface area contributed by atoms with Gasteiger partial charge in [-0.25, -0.2) is 0 Å². The van der Waals surface area contributed by atoms with E-state index in [0.29, 0.717) is 0 Å². The van der Waals surface area contributed by atoms with Crippen molar-refractivity contribution in [3.8, 4) is 0 Å². The standard InChI is InChI=1S/C12H18BrNOS/c1-2-14-9-10-4-5-12(11(13)8-10)16-7-3-6-15/h4-5,8,14-15H,2-3,6-7,9H2,1H3. The van der Waals surface area contributed by atoms with Crippen molar-refractivity contribution in [1.29, 1.82) is 0 Å². The summed E-state index contributed by atoms with van der Waals surface area (Å²) in [6, 6.07) is 6.44. The van der Waals surface area contributed by atoms with Crippen LogP contribution in [0.2, 0.25) is 0 Å². The lowest BCUT2D eigenvalue weighted by molar-refractivity contribution is 0.296. The van der Waals surface area contributed by atoms with E-state index in [4.69, 9.17) is 5.11 Å². The van der Waals surface area contributed by atoms with Gasteiger partial charge in [0.15, 0.2) is 0 Å². The van der Waals surface area contributed by atoms with Gasteiger partial charge in [0, 0.05) is 28.3 Å². The Labute approximate surface area is 110 Å². The van der Waals surface area contributed by atoms with Crippen molar-refractivity contribution in [2.45, 2.75) is 24.8 Å². The molecule has 0 bridgehead atoms. The molecule has 1 aromatic carbocycles. The van der Waals surface area contributed by atoms with Crippen molar-refractivity contribution >= 4 is 27.7 Å². The Morgan fingerprint density at radius 1 is 1.44 bits per heavy atom. The highest BCUT2D eigenvalue weighted by atomic mass is 79.9. The molecular formula is C12H18BrNOS. The summed E-state index contributed by atoms with van der Waals surface area (Å²) in [4.78, 5) is 1.24.